The standard InChI is InChI=1S/C14H24N4/c1-3-11(4-2)18-14-13(16-9-10-17-14)12-7-5-6-8-15-12/h5-8,11,13-14,16-18H,3-4,9-10H2,1-2H3. The van der Waals surface area contributed by atoms with Gasteiger partial charge in [-0.2, -0.15) is 0 Å². The fourth-order valence-electron chi connectivity index (χ4n) is 2.46. The molecule has 0 aromatic carbocycles. The molecule has 0 radical (unpaired) electrons. The van der Waals surface area contributed by atoms with Crippen LogP contribution in [0.1, 0.15) is 38.4 Å². The van der Waals surface area contributed by atoms with Crippen molar-refractivity contribution < 1.29 is 0 Å². The maximum absolute atomic E-state index is 4.47. The lowest BCUT2D eigenvalue weighted by atomic mass is 10.1. The van der Waals surface area contributed by atoms with E-state index >= 15 is 0 Å². The van der Waals surface area contributed by atoms with Crippen LogP contribution in [0, 0.1) is 0 Å². The first-order valence-corrected chi connectivity index (χ1v) is 6.99. The van der Waals surface area contributed by atoms with E-state index in [1.165, 1.54) is 0 Å². The Balaban J connectivity index is 2.06. The predicted molar refractivity (Wildman–Crippen MR) is 74.3 cm³/mol. The molecular formula is C14H24N4. The molecule has 0 bridgehead atoms. The van der Waals surface area contributed by atoms with Crippen LogP contribution in [0.15, 0.2) is 24.4 Å². The predicted octanol–water partition coefficient (Wildman–Crippen LogP) is 1.42. The first-order chi connectivity index (χ1) is 8.85. The smallest absolute Gasteiger partial charge is 0.0791 e. The van der Waals surface area contributed by atoms with Crippen molar-refractivity contribution in [1.29, 1.82) is 0 Å². The van der Waals surface area contributed by atoms with Gasteiger partial charge in [-0.05, 0) is 25.0 Å². The first kappa shape index (κ1) is 13.5. The molecule has 4 heteroatoms. The first-order valence-electron chi connectivity index (χ1n) is 6.99. The van der Waals surface area contributed by atoms with Gasteiger partial charge in [-0.25, -0.2) is 0 Å². The molecule has 18 heavy (non-hydrogen) atoms. The SMILES string of the molecule is CCC(CC)NC1NCCNC1c1ccccn1. The van der Waals surface area contributed by atoms with Crippen molar-refractivity contribution in [2.45, 2.75) is 44.9 Å². The lowest BCUT2D eigenvalue weighted by molar-refractivity contribution is 0.249. The lowest BCUT2D eigenvalue weighted by Gasteiger charge is -2.36. The number of piperazine rings is 1. The number of rotatable bonds is 5. The summed E-state index contributed by atoms with van der Waals surface area (Å²) in [6, 6.07) is 6.91. The summed E-state index contributed by atoms with van der Waals surface area (Å²) in [5.74, 6) is 0. The summed E-state index contributed by atoms with van der Waals surface area (Å²) in [6.45, 7) is 6.45. The topological polar surface area (TPSA) is 49.0 Å². The molecule has 4 nitrogen and oxygen atoms in total. The van der Waals surface area contributed by atoms with Gasteiger partial charge in [0, 0.05) is 25.3 Å². The fraction of sp³-hybridized carbons (Fsp3) is 0.643. The van der Waals surface area contributed by atoms with Gasteiger partial charge in [-0.3, -0.25) is 15.6 Å². The number of aromatic nitrogens is 1. The second kappa shape index (κ2) is 6.83. The highest BCUT2D eigenvalue weighted by atomic mass is 15.2. The monoisotopic (exact) mass is 248 g/mol. The Morgan fingerprint density at radius 2 is 2.06 bits per heavy atom. The van der Waals surface area contributed by atoms with E-state index in [-0.39, 0.29) is 12.2 Å². The van der Waals surface area contributed by atoms with Gasteiger partial charge in [0.05, 0.1) is 17.9 Å². The minimum absolute atomic E-state index is 0.251. The number of nitrogens with one attached hydrogen (secondary N) is 3. The van der Waals surface area contributed by atoms with Crippen molar-refractivity contribution in [3.05, 3.63) is 30.1 Å². The van der Waals surface area contributed by atoms with E-state index in [1.54, 1.807) is 0 Å². The Morgan fingerprint density at radius 3 is 2.72 bits per heavy atom. The number of pyridine rings is 1. The molecule has 1 aliphatic rings. The van der Waals surface area contributed by atoms with Gasteiger partial charge in [0.2, 0.25) is 0 Å². The molecular weight excluding hydrogens is 224 g/mol. The zero-order valence-electron chi connectivity index (χ0n) is 11.3. The highest BCUT2D eigenvalue weighted by Gasteiger charge is 2.27. The van der Waals surface area contributed by atoms with Crippen LogP contribution < -0.4 is 16.0 Å². The van der Waals surface area contributed by atoms with E-state index in [9.17, 15) is 0 Å². The van der Waals surface area contributed by atoms with Gasteiger partial charge in [0.1, 0.15) is 0 Å². The van der Waals surface area contributed by atoms with Crippen molar-refractivity contribution in [2.75, 3.05) is 13.1 Å². The minimum atomic E-state index is 0.251. The molecule has 3 N–H and O–H groups in total. The Bertz CT molecular complexity index is 337. The van der Waals surface area contributed by atoms with E-state index in [1.807, 2.05) is 18.3 Å². The van der Waals surface area contributed by atoms with E-state index < -0.39 is 0 Å². The van der Waals surface area contributed by atoms with Gasteiger partial charge in [-0.15, -0.1) is 0 Å². The third kappa shape index (κ3) is 3.28. The number of hydrogen-bond acceptors (Lipinski definition) is 4. The number of nitrogens with zero attached hydrogens (tertiary/aromatic N) is 1. The zero-order chi connectivity index (χ0) is 12.8. The summed E-state index contributed by atoms with van der Waals surface area (Å²) in [5.41, 5.74) is 1.10. The van der Waals surface area contributed by atoms with Gasteiger partial charge >= 0.3 is 0 Å². The molecule has 0 spiro atoms. The zero-order valence-corrected chi connectivity index (χ0v) is 11.3. The van der Waals surface area contributed by atoms with Gasteiger partial charge in [0.25, 0.3) is 0 Å². The molecule has 2 heterocycles. The highest BCUT2D eigenvalue weighted by Crippen LogP contribution is 2.16. The molecule has 0 saturated carbocycles. The van der Waals surface area contributed by atoms with Crippen LogP contribution in [0.5, 0.6) is 0 Å². The van der Waals surface area contributed by atoms with Crippen LogP contribution >= 0.6 is 0 Å². The summed E-state index contributed by atoms with van der Waals surface area (Å²) in [5, 5.41) is 10.8. The quantitative estimate of drug-likeness (QED) is 0.737. The van der Waals surface area contributed by atoms with Gasteiger partial charge in [-0.1, -0.05) is 19.9 Å². The van der Waals surface area contributed by atoms with Crippen molar-refractivity contribution in [3.63, 3.8) is 0 Å². The number of hydrogen-bond donors (Lipinski definition) is 3. The average Bonchev–Trinajstić information content (AvgIpc) is 2.46. The van der Waals surface area contributed by atoms with Crippen molar-refractivity contribution in [1.82, 2.24) is 20.9 Å². The van der Waals surface area contributed by atoms with Crippen LogP contribution in [0.25, 0.3) is 0 Å². The average molecular weight is 248 g/mol. The maximum atomic E-state index is 4.47. The largest absolute Gasteiger partial charge is 0.305 e. The van der Waals surface area contributed by atoms with Crippen LogP contribution in [-0.2, 0) is 0 Å². The third-order valence-corrected chi connectivity index (χ3v) is 3.59. The summed E-state index contributed by atoms with van der Waals surface area (Å²) >= 11 is 0. The lowest BCUT2D eigenvalue weighted by Crippen LogP contribution is -2.59. The normalized spacial score (nSPS) is 24.4. The third-order valence-electron chi connectivity index (χ3n) is 3.59. The minimum Gasteiger partial charge on any atom is -0.305 e. The molecule has 1 aromatic heterocycles. The van der Waals surface area contributed by atoms with Crippen LogP contribution in [0.3, 0.4) is 0 Å². The molecule has 100 valence electrons. The molecule has 2 atom stereocenters. The Morgan fingerprint density at radius 1 is 1.28 bits per heavy atom. The summed E-state index contributed by atoms with van der Waals surface area (Å²) in [7, 11) is 0. The van der Waals surface area contributed by atoms with E-state index in [2.05, 4.69) is 40.8 Å². The molecule has 0 amide bonds. The Kier molecular flexibility index (Phi) is 5.11. The Labute approximate surface area is 110 Å². The van der Waals surface area contributed by atoms with E-state index in [4.69, 9.17) is 0 Å². The molecule has 2 rings (SSSR count). The van der Waals surface area contributed by atoms with Crippen molar-refractivity contribution >= 4 is 0 Å². The summed E-state index contributed by atoms with van der Waals surface area (Å²) in [6.07, 6.45) is 4.44. The van der Waals surface area contributed by atoms with Gasteiger partial charge in [0.15, 0.2) is 0 Å². The van der Waals surface area contributed by atoms with Crippen LogP contribution in [0.4, 0.5) is 0 Å². The molecule has 1 aromatic rings. The van der Waals surface area contributed by atoms with E-state index in [0.717, 1.165) is 31.6 Å². The van der Waals surface area contributed by atoms with Crippen molar-refractivity contribution in [3.8, 4) is 0 Å². The second-order valence-electron chi connectivity index (χ2n) is 4.80. The van der Waals surface area contributed by atoms with E-state index in [0.29, 0.717) is 6.04 Å². The molecule has 1 saturated heterocycles. The molecule has 1 fully saturated rings. The van der Waals surface area contributed by atoms with Crippen molar-refractivity contribution in [2.24, 2.45) is 0 Å². The Hall–Kier alpha value is -0.970. The summed E-state index contributed by atoms with van der Waals surface area (Å²) in [4.78, 5) is 4.47. The maximum Gasteiger partial charge on any atom is 0.0791 e. The molecule has 0 aliphatic carbocycles. The fourth-order valence-corrected chi connectivity index (χ4v) is 2.46. The molecule has 2 unspecified atom stereocenters. The summed E-state index contributed by atoms with van der Waals surface area (Å²) < 4.78 is 0. The van der Waals surface area contributed by atoms with Gasteiger partial charge < -0.3 is 5.32 Å². The molecule has 1 aliphatic heterocycles. The van der Waals surface area contributed by atoms with Crippen LogP contribution in [-0.4, -0.2) is 30.3 Å². The highest BCUT2D eigenvalue weighted by molar-refractivity contribution is 5.12. The second-order valence-corrected chi connectivity index (χ2v) is 4.80. The van der Waals surface area contributed by atoms with Crippen LogP contribution in [0.2, 0.25) is 0 Å².